The van der Waals surface area contributed by atoms with Crippen LogP contribution in [0.4, 0.5) is 0 Å². The monoisotopic (exact) mass is 168 g/mol. The Morgan fingerprint density at radius 2 is 2.45 bits per heavy atom. The highest BCUT2D eigenvalue weighted by Crippen LogP contribution is 2.26. The number of ether oxygens (including phenoxy) is 1. The van der Waals surface area contributed by atoms with Gasteiger partial charge in [-0.15, -0.1) is 11.3 Å². The van der Waals surface area contributed by atoms with E-state index < -0.39 is 0 Å². The third-order valence-corrected chi connectivity index (χ3v) is 2.99. The summed E-state index contributed by atoms with van der Waals surface area (Å²) in [6.07, 6.45) is 0.885. The summed E-state index contributed by atoms with van der Waals surface area (Å²) in [6.45, 7) is 2.58. The number of esters is 1. The second-order valence-corrected chi connectivity index (χ2v) is 3.49. The van der Waals surface area contributed by atoms with E-state index in [0.29, 0.717) is 6.61 Å². The van der Waals surface area contributed by atoms with Crippen molar-refractivity contribution in [2.45, 2.75) is 13.3 Å². The van der Waals surface area contributed by atoms with Crippen LogP contribution in [0.2, 0.25) is 0 Å². The van der Waals surface area contributed by atoms with E-state index in [9.17, 15) is 4.79 Å². The molecule has 2 nitrogen and oxygen atoms in total. The lowest BCUT2D eigenvalue weighted by molar-refractivity contribution is 0.0487. The first-order chi connectivity index (χ1) is 5.29. The van der Waals surface area contributed by atoms with Gasteiger partial charge in [0.25, 0.3) is 0 Å². The van der Waals surface area contributed by atoms with Gasteiger partial charge in [-0.2, -0.15) is 0 Å². The Morgan fingerprint density at radius 1 is 1.64 bits per heavy atom. The molecule has 1 aromatic rings. The molecule has 11 heavy (non-hydrogen) atoms. The van der Waals surface area contributed by atoms with Crippen LogP contribution in [0.15, 0.2) is 5.38 Å². The predicted molar refractivity (Wildman–Crippen MR) is 43.0 cm³/mol. The van der Waals surface area contributed by atoms with E-state index in [-0.39, 0.29) is 5.97 Å². The van der Waals surface area contributed by atoms with E-state index in [1.807, 2.05) is 12.3 Å². The topological polar surface area (TPSA) is 26.3 Å². The quantitative estimate of drug-likeness (QED) is 0.552. The van der Waals surface area contributed by atoms with Crippen LogP contribution in [0.3, 0.4) is 0 Å². The van der Waals surface area contributed by atoms with Crippen LogP contribution >= 0.6 is 11.3 Å². The Morgan fingerprint density at radius 3 is 3.18 bits per heavy atom. The van der Waals surface area contributed by atoms with E-state index in [0.717, 1.165) is 11.3 Å². The third-order valence-electron chi connectivity index (χ3n) is 1.87. The van der Waals surface area contributed by atoms with Crippen molar-refractivity contribution in [2.24, 2.45) is 0 Å². The zero-order chi connectivity index (χ0) is 7.84. The van der Waals surface area contributed by atoms with E-state index in [1.54, 1.807) is 0 Å². The average Bonchev–Trinajstić information content (AvgIpc) is 2.35. The number of rotatable bonds is 0. The maximum absolute atomic E-state index is 11.1. The van der Waals surface area contributed by atoms with Gasteiger partial charge < -0.3 is 4.74 Å². The van der Waals surface area contributed by atoms with E-state index in [1.165, 1.54) is 22.5 Å². The van der Waals surface area contributed by atoms with Gasteiger partial charge in [0.2, 0.25) is 0 Å². The third kappa shape index (κ3) is 0.959. The summed E-state index contributed by atoms with van der Waals surface area (Å²) in [4.78, 5) is 11.9. The van der Waals surface area contributed by atoms with Gasteiger partial charge in [0.1, 0.15) is 4.88 Å². The smallest absolute Gasteiger partial charge is 0.348 e. The Kier molecular flexibility index (Phi) is 1.46. The van der Waals surface area contributed by atoms with Crippen LogP contribution in [0.5, 0.6) is 0 Å². The molecular formula is C8H8O2S. The molecule has 2 heterocycles. The van der Waals surface area contributed by atoms with Gasteiger partial charge in [-0.1, -0.05) is 0 Å². The van der Waals surface area contributed by atoms with Crippen LogP contribution in [-0.2, 0) is 11.2 Å². The number of fused-ring (bicyclic) bond motifs is 1. The molecule has 1 aliphatic heterocycles. The first kappa shape index (κ1) is 6.85. The summed E-state index contributed by atoms with van der Waals surface area (Å²) < 4.78 is 4.89. The summed E-state index contributed by atoms with van der Waals surface area (Å²) in [5.74, 6) is -0.149. The van der Waals surface area contributed by atoms with Crippen molar-refractivity contribution >= 4 is 17.3 Å². The molecule has 0 aliphatic carbocycles. The molecular weight excluding hydrogens is 160 g/mol. The summed E-state index contributed by atoms with van der Waals surface area (Å²) in [5, 5.41) is 2.01. The fourth-order valence-electron chi connectivity index (χ4n) is 1.26. The fraction of sp³-hybridized carbons (Fsp3) is 0.375. The maximum atomic E-state index is 11.1. The zero-order valence-electron chi connectivity index (χ0n) is 6.22. The predicted octanol–water partition coefficient (Wildman–Crippen LogP) is 1.77. The van der Waals surface area contributed by atoms with Gasteiger partial charge in [0, 0.05) is 6.42 Å². The lowest BCUT2D eigenvalue weighted by atomic mass is 10.1. The van der Waals surface area contributed by atoms with Crippen LogP contribution in [-0.4, -0.2) is 12.6 Å². The highest BCUT2D eigenvalue weighted by atomic mass is 32.1. The number of hydrogen-bond acceptors (Lipinski definition) is 3. The number of hydrogen-bond donors (Lipinski definition) is 0. The number of aryl methyl sites for hydroxylation is 1. The minimum Gasteiger partial charge on any atom is -0.461 e. The molecule has 3 heteroatoms. The van der Waals surface area contributed by atoms with E-state index in [4.69, 9.17) is 4.74 Å². The number of cyclic esters (lactones) is 1. The highest BCUT2D eigenvalue weighted by Gasteiger charge is 2.21. The normalized spacial score (nSPS) is 15.9. The van der Waals surface area contributed by atoms with Gasteiger partial charge in [0.15, 0.2) is 0 Å². The molecule has 2 rings (SSSR count). The second kappa shape index (κ2) is 2.34. The van der Waals surface area contributed by atoms with Crippen LogP contribution in [0.25, 0.3) is 0 Å². The van der Waals surface area contributed by atoms with E-state index in [2.05, 4.69) is 0 Å². The molecule has 0 unspecified atom stereocenters. The van der Waals surface area contributed by atoms with Gasteiger partial charge in [-0.3, -0.25) is 0 Å². The first-order valence-electron chi connectivity index (χ1n) is 3.53. The molecule has 0 atom stereocenters. The van der Waals surface area contributed by atoms with Crippen molar-refractivity contribution in [3.8, 4) is 0 Å². The molecule has 0 aromatic carbocycles. The van der Waals surface area contributed by atoms with Gasteiger partial charge in [-0.05, 0) is 23.4 Å². The molecule has 1 aliphatic rings. The largest absolute Gasteiger partial charge is 0.461 e. The second-order valence-electron chi connectivity index (χ2n) is 2.61. The summed E-state index contributed by atoms with van der Waals surface area (Å²) >= 11 is 1.49. The molecule has 0 spiro atoms. The Balaban J connectivity index is 2.55. The van der Waals surface area contributed by atoms with E-state index >= 15 is 0 Å². The van der Waals surface area contributed by atoms with Crippen LogP contribution < -0.4 is 0 Å². The molecule has 0 amide bonds. The molecule has 0 radical (unpaired) electrons. The van der Waals surface area contributed by atoms with Crippen molar-refractivity contribution in [3.05, 3.63) is 21.4 Å². The Bertz CT molecular complexity index is 301. The maximum Gasteiger partial charge on any atom is 0.348 e. The molecule has 1 aromatic heterocycles. The minimum atomic E-state index is -0.149. The lowest BCUT2D eigenvalue weighted by Gasteiger charge is -2.11. The van der Waals surface area contributed by atoms with Gasteiger partial charge in [-0.25, -0.2) is 4.79 Å². The van der Waals surface area contributed by atoms with Crippen molar-refractivity contribution in [2.75, 3.05) is 6.61 Å². The number of thiophene rings is 1. The van der Waals surface area contributed by atoms with Crippen molar-refractivity contribution in [1.29, 1.82) is 0 Å². The molecule has 0 saturated heterocycles. The Labute approximate surface area is 68.8 Å². The van der Waals surface area contributed by atoms with Crippen LogP contribution in [0.1, 0.15) is 20.8 Å². The Hall–Kier alpha value is -0.830. The molecule has 0 N–H and O–H groups in total. The minimum absolute atomic E-state index is 0.149. The SMILES string of the molecule is Cc1csc2c1CCOC2=O. The first-order valence-corrected chi connectivity index (χ1v) is 4.41. The molecule has 0 saturated carbocycles. The van der Waals surface area contributed by atoms with Gasteiger partial charge >= 0.3 is 5.97 Å². The average molecular weight is 168 g/mol. The molecule has 0 fully saturated rings. The summed E-state index contributed by atoms with van der Waals surface area (Å²) in [7, 11) is 0. The van der Waals surface area contributed by atoms with Crippen molar-refractivity contribution in [3.63, 3.8) is 0 Å². The van der Waals surface area contributed by atoms with Gasteiger partial charge in [0.05, 0.1) is 6.61 Å². The highest BCUT2D eigenvalue weighted by molar-refractivity contribution is 7.12. The summed E-state index contributed by atoms with van der Waals surface area (Å²) in [6, 6.07) is 0. The standard InChI is InChI=1S/C8H8O2S/c1-5-4-11-7-6(5)2-3-10-8(7)9/h4H,2-3H2,1H3. The molecule has 58 valence electrons. The number of carbonyl (C=O) groups excluding carboxylic acids is 1. The van der Waals surface area contributed by atoms with Crippen molar-refractivity contribution < 1.29 is 9.53 Å². The van der Waals surface area contributed by atoms with Crippen molar-refractivity contribution in [1.82, 2.24) is 0 Å². The summed E-state index contributed by atoms with van der Waals surface area (Å²) in [5.41, 5.74) is 2.41. The van der Waals surface area contributed by atoms with Crippen LogP contribution in [0, 0.1) is 6.92 Å². The molecule has 0 bridgehead atoms. The zero-order valence-corrected chi connectivity index (χ0v) is 7.03. The fourth-order valence-corrected chi connectivity index (χ4v) is 2.26. The lowest BCUT2D eigenvalue weighted by Crippen LogP contribution is -2.15. The number of carbonyl (C=O) groups is 1.